The Kier molecular flexibility index (Phi) is 5.81. The van der Waals surface area contributed by atoms with Gasteiger partial charge in [0, 0.05) is 0 Å². The van der Waals surface area contributed by atoms with E-state index in [1.54, 1.807) is 18.2 Å². The van der Waals surface area contributed by atoms with E-state index in [4.69, 9.17) is 23.2 Å². The van der Waals surface area contributed by atoms with Crippen LogP contribution in [0, 0.1) is 11.3 Å². The fraction of sp³-hybridized carbons (Fsp3) is 0.111. The minimum Gasteiger partial charge on any atom is -0.345 e. The highest BCUT2D eigenvalue weighted by Gasteiger charge is 2.14. The van der Waals surface area contributed by atoms with Gasteiger partial charge in [-0.1, -0.05) is 65.7 Å². The molecule has 0 heterocycles. The number of halogens is 2. The summed E-state index contributed by atoms with van der Waals surface area (Å²) in [6.07, 6.45) is 1.43. The summed E-state index contributed by atoms with van der Waals surface area (Å²) in [5.74, 6) is -0.458. The number of nitrogens with zero attached hydrogens (tertiary/aromatic N) is 1. The molecule has 0 aliphatic rings. The Labute approximate surface area is 145 Å². The van der Waals surface area contributed by atoms with Gasteiger partial charge in [-0.05, 0) is 30.2 Å². The van der Waals surface area contributed by atoms with Crippen LogP contribution in [0.1, 0.15) is 24.1 Å². The molecule has 0 spiro atoms. The summed E-state index contributed by atoms with van der Waals surface area (Å²) in [5, 5.41) is 12.7. The molecule has 0 aliphatic heterocycles. The van der Waals surface area contributed by atoms with Crippen LogP contribution >= 0.6 is 23.2 Å². The van der Waals surface area contributed by atoms with E-state index < -0.39 is 5.91 Å². The number of rotatable bonds is 4. The van der Waals surface area contributed by atoms with Gasteiger partial charge in [0.15, 0.2) is 0 Å². The molecule has 0 saturated carbocycles. The molecule has 1 N–H and O–H groups in total. The van der Waals surface area contributed by atoms with Gasteiger partial charge in [0.05, 0.1) is 16.1 Å². The SMILES string of the molecule is C[C@@H](NC(=O)/C(C#N)=C\c1cccc(Cl)c1Cl)c1ccccc1. The van der Waals surface area contributed by atoms with Crippen molar-refractivity contribution in [2.24, 2.45) is 0 Å². The molecule has 3 nitrogen and oxygen atoms in total. The molecule has 2 rings (SSSR count). The lowest BCUT2D eigenvalue weighted by molar-refractivity contribution is -0.117. The van der Waals surface area contributed by atoms with Gasteiger partial charge in [0.2, 0.25) is 0 Å². The first-order valence-electron chi connectivity index (χ1n) is 6.94. The second kappa shape index (κ2) is 7.82. The molecular formula is C18H14Cl2N2O. The molecule has 0 unspecified atom stereocenters. The number of carbonyl (C=O) groups is 1. The largest absolute Gasteiger partial charge is 0.345 e. The second-order valence-corrected chi connectivity index (χ2v) is 5.70. The summed E-state index contributed by atoms with van der Waals surface area (Å²) >= 11 is 12.0. The first-order chi connectivity index (χ1) is 11.0. The first-order valence-corrected chi connectivity index (χ1v) is 7.70. The standard InChI is InChI=1S/C18H14Cl2N2O/c1-12(13-6-3-2-4-7-13)22-18(23)15(11-21)10-14-8-5-9-16(19)17(14)20/h2-10,12H,1H3,(H,22,23)/b15-10-/t12-/m1/s1. The molecule has 2 aromatic rings. The third-order valence-electron chi connectivity index (χ3n) is 3.29. The number of benzene rings is 2. The Hall–Kier alpha value is -2.28. The smallest absolute Gasteiger partial charge is 0.262 e. The molecule has 0 fully saturated rings. The van der Waals surface area contributed by atoms with E-state index in [1.807, 2.05) is 43.3 Å². The van der Waals surface area contributed by atoms with Crippen LogP contribution in [0.4, 0.5) is 0 Å². The normalized spacial score (nSPS) is 12.3. The number of hydrogen-bond acceptors (Lipinski definition) is 2. The summed E-state index contributed by atoms with van der Waals surface area (Å²) in [4.78, 5) is 12.3. The van der Waals surface area contributed by atoms with Crippen molar-refractivity contribution in [3.63, 3.8) is 0 Å². The molecule has 0 aromatic heterocycles. The van der Waals surface area contributed by atoms with Crippen molar-refractivity contribution in [1.29, 1.82) is 5.26 Å². The Morgan fingerprint density at radius 3 is 2.52 bits per heavy atom. The van der Waals surface area contributed by atoms with Crippen molar-refractivity contribution in [2.75, 3.05) is 0 Å². The number of amides is 1. The minimum absolute atomic E-state index is 0.0306. The van der Waals surface area contributed by atoms with Gasteiger partial charge in [-0.25, -0.2) is 0 Å². The Morgan fingerprint density at radius 1 is 1.17 bits per heavy atom. The van der Waals surface area contributed by atoms with Gasteiger partial charge in [-0.3, -0.25) is 4.79 Å². The van der Waals surface area contributed by atoms with Crippen LogP contribution in [-0.4, -0.2) is 5.91 Å². The van der Waals surface area contributed by atoms with Gasteiger partial charge < -0.3 is 5.32 Å². The zero-order chi connectivity index (χ0) is 16.8. The second-order valence-electron chi connectivity index (χ2n) is 4.92. The van der Waals surface area contributed by atoms with Crippen LogP contribution in [0.25, 0.3) is 6.08 Å². The van der Waals surface area contributed by atoms with Gasteiger partial charge in [0.1, 0.15) is 11.6 Å². The van der Waals surface area contributed by atoms with E-state index in [9.17, 15) is 10.1 Å². The van der Waals surface area contributed by atoms with Crippen molar-refractivity contribution >= 4 is 35.2 Å². The summed E-state index contributed by atoms with van der Waals surface area (Å²) in [6, 6.07) is 16.2. The van der Waals surface area contributed by atoms with Crippen molar-refractivity contribution < 1.29 is 4.79 Å². The van der Waals surface area contributed by atoms with Crippen molar-refractivity contribution in [2.45, 2.75) is 13.0 Å². The summed E-state index contributed by atoms with van der Waals surface area (Å²) in [5.41, 5.74) is 1.45. The van der Waals surface area contributed by atoms with Crippen LogP contribution in [0.3, 0.4) is 0 Å². The molecule has 1 atom stereocenters. The van der Waals surface area contributed by atoms with Crippen LogP contribution in [0.2, 0.25) is 10.0 Å². The Balaban J connectivity index is 2.21. The molecule has 116 valence electrons. The molecule has 0 aliphatic carbocycles. The summed E-state index contributed by atoms with van der Waals surface area (Å²) in [7, 11) is 0. The quantitative estimate of drug-likeness (QED) is 0.641. The van der Waals surface area contributed by atoms with E-state index >= 15 is 0 Å². The Bertz CT molecular complexity index is 779. The molecule has 5 heteroatoms. The highest BCUT2D eigenvalue weighted by molar-refractivity contribution is 6.43. The van der Waals surface area contributed by atoms with E-state index in [0.29, 0.717) is 15.6 Å². The lowest BCUT2D eigenvalue weighted by Gasteiger charge is -2.13. The van der Waals surface area contributed by atoms with Gasteiger partial charge in [-0.15, -0.1) is 0 Å². The molecule has 1 amide bonds. The van der Waals surface area contributed by atoms with Crippen LogP contribution < -0.4 is 5.32 Å². The summed E-state index contributed by atoms with van der Waals surface area (Å²) < 4.78 is 0. The Morgan fingerprint density at radius 2 is 1.87 bits per heavy atom. The van der Waals surface area contributed by atoms with Gasteiger partial charge in [-0.2, -0.15) is 5.26 Å². The molecule has 23 heavy (non-hydrogen) atoms. The van der Waals surface area contributed by atoms with Crippen molar-refractivity contribution in [3.8, 4) is 6.07 Å². The van der Waals surface area contributed by atoms with Crippen LogP contribution in [0.5, 0.6) is 0 Å². The first kappa shape index (κ1) is 17.1. The van der Waals surface area contributed by atoms with E-state index in [2.05, 4.69) is 5.32 Å². The third kappa shape index (κ3) is 4.35. The molecular weight excluding hydrogens is 331 g/mol. The topological polar surface area (TPSA) is 52.9 Å². The lowest BCUT2D eigenvalue weighted by Crippen LogP contribution is -2.27. The maximum Gasteiger partial charge on any atom is 0.262 e. The summed E-state index contributed by atoms with van der Waals surface area (Å²) in [6.45, 7) is 1.86. The zero-order valence-electron chi connectivity index (χ0n) is 12.4. The molecule has 0 radical (unpaired) electrons. The number of carbonyl (C=O) groups excluding carboxylic acids is 1. The van der Waals surface area contributed by atoms with Crippen LogP contribution in [0.15, 0.2) is 54.1 Å². The molecule has 0 saturated heterocycles. The van der Waals surface area contributed by atoms with E-state index in [-0.39, 0.29) is 11.6 Å². The maximum absolute atomic E-state index is 12.3. The number of hydrogen-bond donors (Lipinski definition) is 1. The lowest BCUT2D eigenvalue weighted by atomic mass is 10.1. The number of nitriles is 1. The average Bonchev–Trinajstić information content (AvgIpc) is 2.56. The fourth-order valence-electron chi connectivity index (χ4n) is 2.04. The van der Waals surface area contributed by atoms with Crippen molar-refractivity contribution in [3.05, 3.63) is 75.3 Å². The predicted octanol–water partition coefficient (Wildman–Crippen LogP) is 4.78. The van der Waals surface area contributed by atoms with E-state index in [0.717, 1.165) is 5.56 Å². The highest BCUT2D eigenvalue weighted by Crippen LogP contribution is 2.27. The fourth-order valence-corrected chi connectivity index (χ4v) is 2.40. The molecule has 0 bridgehead atoms. The van der Waals surface area contributed by atoms with Gasteiger partial charge >= 0.3 is 0 Å². The highest BCUT2D eigenvalue weighted by atomic mass is 35.5. The average molecular weight is 345 g/mol. The number of nitrogens with one attached hydrogen (secondary N) is 1. The molecule has 2 aromatic carbocycles. The van der Waals surface area contributed by atoms with Gasteiger partial charge in [0.25, 0.3) is 5.91 Å². The van der Waals surface area contributed by atoms with Crippen LogP contribution in [-0.2, 0) is 4.79 Å². The van der Waals surface area contributed by atoms with E-state index in [1.165, 1.54) is 6.08 Å². The monoisotopic (exact) mass is 344 g/mol. The van der Waals surface area contributed by atoms with Crippen molar-refractivity contribution in [1.82, 2.24) is 5.32 Å². The zero-order valence-corrected chi connectivity index (χ0v) is 13.9. The minimum atomic E-state index is -0.458. The predicted molar refractivity (Wildman–Crippen MR) is 93.1 cm³/mol. The third-order valence-corrected chi connectivity index (χ3v) is 4.13. The maximum atomic E-state index is 12.3.